The number of amides is 1. The fourth-order valence-corrected chi connectivity index (χ4v) is 3.86. The Morgan fingerprint density at radius 3 is 3.04 bits per heavy atom. The predicted octanol–water partition coefficient (Wildman–Crippen LogP) is 2.78. The van der Waals surface area contributed by atoms with E-state index in [9.17, 15) is 4.79 Å². The van der Waals surface area contributed by atoms with E-state index < -0.39 is 0 Å². The summed E-state index contributed by atoms with van der Waals surface area (Å²) in [6, 6.07) is 7.74. The molecule has 4 rings (SSSR count). The molecule has 3 heterocycles. The van der Waals surface area contributed by atoms with Crippen molar-refractivity contribution in [1.29, 1.82) is 0 Å². The number of methoxy groups -OCH3 is 1. The van der Waals surface area contributed by atoms with Crippen LogP contribution in [-0.4, -0.2) is 42.1 Å². The molecule has 0 bridgehead atoms. The van der Waals surface area contributed by atoms with Crippen molar-refractivity contribution < 1.29 is 9.53 Å². The van der Waals surface area contributed by atoms with Gasteiger partial charge in [-0.25, -0.2) is 4.98 Å². The monoisotopic (exact) mass is 356 g/mol. The summed E-state index contributed by atoms with van der Waals surface area (Å²) in [5.74, 6) is 1.34. The highest BCUT2D eigenvalue weighted by Crippen LogP contribution is 2.31. The van der Waals surface area contributed by atoms with Crippen LogP contribution in [0.3, 0.4) is 0 Å². The maximum atomic E-state index is 12.8. The molecule has 3 aromatic rings. The van der Waals surface area contributed by atoms with Crippen LogP contribution in [0.25, 0.3) is 21.7 Å². The summed E-state index contributed by atoms with van der Waals surface area (Å²) in [5, 5.41) is 8.43. The van der Waals surface area contributed by atoms with Gasteiger partial charge in [0.05, 0.1) is 17.6 Å². The van der Waals surface area contributed by atoms with Gasteiger partial charge in [-0.2, -0.15) is 0 Å². The lowest BCUT2D eigenvalue weighted by atomic mass is 10.1. The van der Waals surface area contributed by atoms with Crippen LogP contribution in [0, 0.1) is 0 Å². The summed E-state index contributed by atoms with van der Waals surface area (Å²) in [7, 11) is 1.62. The molecule has 1 unspecified atom stereocenters. The molecule has 130 valence electrons. The van der Waals surface area contributed by atoms with E-state index in [1.54, 1.807) is 24.5 Å². The number of hydrogen-bond acceptors (Lipinski definition) is 5. The molecule has 1 saturated heterocycles. The van der Waals surface area contributed by atoms with Crippen molar-refractivity contribution in [3.05, 3.63) is 35.2 Å². The fourth-order valence-electron chi connectivity index (χ4n) is 3.19. The van der Waals surface area contributed by atoms with Crippen molar-refractivity contribution in [3.8, 4) is 16.5 Å². The Labute approximate surface area is 149 Å². The lowest BCUT2D eigenvalue weighted by Crippen LogP contribution is -2.45. The third kappa shape index (κ3) is 3.12. The number of hydrogen-bond donors (Lipinski definition) is 3. The molecule has 2 aromatic heterocycles. The third-order valence-electron chi connectivity index (χ3n) is 4.46. The van der Waals surface area contributed by atoms with Crippen molar-refractivity contribution in [2.45, 2.75) is 18.9 Å². The van der Waals surface area contributed by atoms with Crippen LogP contribution in [0.4, 0.5) is 0 Å². The van der Waals surface area contributed by atoms with Crippen LogP contribution in [0.5, 0.6) is 5.75 Å². The smallest absolute Gasteiger partial charge is 0.253 e. The highest BCUT2D eigenvalue weighted by molar-refractivity contribution is 7.13. The molecule has 1 atom stereocenters. The lowest BCUT2D eigenvalue weighted by molar-refractivity contribution is 0.0932. The Kier molecular flexibility index (Phi) is 4.42. The number of imidazole rings is 1. The van der Waals surface area contributed by atoms with Crippen LogP contribution < -0.4 is 15.4 Å². The molecule has 1 aliphatic rings. The third-order valence-corrected chi connectivity index (χ3v) is 5.33. The Bertz CT molecular complexity index is 882. The van der Waals surface area contributed by atoms with Gasteiger partial charge in [0.1, 0.15) is 22.6 Å². The van der Waals surface area contributed by atoms with Gasteiger partial charge >= 0.3 is 0 Å². The second-order valence-corrected chi connectivity index (χ2v) is 7.07. The maximum absolute atomic E-state index is 12.8. The van der Waals surface area contributed by atoms with Gasteiger partial charge in [0, 0.05) is 12.6 Å². The summed E-state index contributed by atoms with van der Waals surface area (Å²) < 4.78 is 5.43. The minimum Gasteiger partial charge on any atom is -0.494 e. The van der Waals surface area contributed by atoms with Crippen molar-refractivity contribution in [2.24, 2.45) is 0 Å². The van der Waals surface area contributed by atoms with Gasteiger partial charge < -0.3 is 20.4 Å². The minimum atomic E-state index is -0.0921. The summed E-state index contributed by atoms with van der Waals surface area (Å²) >= 11 is 1.60. The molecule has 1 amide bonds. The molecule has 0 spiro atoms. The van der Waals surface area contributed by atoms with Gasteiger partial charge in [-0.05, 0) is 43.0 Å². The van der Waals surface area contributed by atoms with Crippen molar-refractivity contribution >= 4 is 28.3 Å². The lowest BCUT2D eigenvalue weighted by Gasteiger charge is -2.23. The van der Waals surface area contributed by atoms with Gasteiger partial charge in [0.15, 0.2) is 0 Å². The van der Waals surface area contributed by atoms with Gasteiger partial charge in [0.2, 0.25) is 0 Å². The van der Waals surface area contributed by atoms with E-state index in [4.69, 9.17) is 4.74 Å². The average molecular weight is 356 g/mol. The molecule has 3 N–H and O–H groups in total. The molecule has 7 heteroatoms. The van der Waals surface area contributed by atoms with Crippen molar-refractivity contribution in [3.63, 3.8) is 0 Å². The number of aromatic amines is 1. The van der Waals surface area contributed by atoms with Crippen LogP contribution in [0.1, 0.15) is 23.2 Å². The van der Waals surface area contributed by atoms with E-state index in [-0.39, 0.29) is 11.9 Å². The number of fused-ring (bicyclic) bond motifs is 1. The van der Waals surface area contributed by atoms with E-state index in [0.29, 0.717) is 16.8 Å². The Hall–Kier alpha value is -2.38. The average Bonchev–Trinajstić information content (AvgIpc) is 3.31. The van der Waals surface area contributed by atoms with Gasteiger partial charge in [-0.1, -0.05) is 6.07 Å². The Balaban J connectivity index is 1.71. The summed E-state index contributed by atoms with van der Waals surface area (Å²) in [6.45, 7) is 1.83. The zero-order valence-corrected chi connectivity index (χ0v) is 14.8. The summed E-state index contributed by atoms with van der Waals surface area (Å²) in [4.78, 5) is 21.8. The minimum absolute atomic E-state index is 0.0921. The topological polar surface area (TPSA) is 79.0 Å². The number of benzene rings is 1. The zero-order chi connectivity index (χ0) is 17.2. The molecule has 25 heavy (non-hydrogen) atoms. The number of thiophene rings is 1. The number of H-pyrrole nitrogens is 1. The highest BCUT2D eigenvalue weighted by Gasteiger charge is 2.21. The second kappa shape index (κ2) is 6.85. The molecule has 1 fully saturated rings. The first-order chi connectivity index (χ1) is 12.3. The van der Waals surface area contributed by atoms with Gasteiger partial charge in [-0.15, -0.1) is 11.3 Å². The van der Waals surface area contributed by atoms with Crippen LogP contribution in [-0.2, 0) is 0 Å². The first kappa shape index (κ1) is 16.1. The number of nitrogens with zero attached hydrogens (tertiary/aromatic N) is 1. The molecule has 1 aliphatic heterocycles. The van der Waals surface area contributed by atoms with E-state index in [1.807, 2.05) is 23.6 Å². The number of carbonyl (C=O) groups excluding carboxylic acids is 1. The van der Waals surface area contributed by atoms with E-state index in [0.717, 1.165) is 42.1 Å². The highest BCUT2D eigenvalue weighted by atomic mass is 32.1. The SMILES string of the molecule is COc1ccc(C(=O)NC2CCCNC2)c2nc(-c3cccs3)[nH]c12. The second-order valence-electron chi connectivity index (χ2n) is 6.12. The number of nitrogens with one attached hydrogen (secondary N) is 3. The zero-order valence-electron chi connectivity index (χ0n) is 14.0. The molecule has 0 radical (unpaired) electrons. The molecular weight excluding hydrogens is 336 g/mol. The summed E-state index contributed by atoms with van der Waals surface area (Å²) in [5.41, 5.74) is 1.96. The van der Waals surface area contributed by atoms with Crippen LogP contribution in [0.15, 0.2) is 29.6 Å². The molecule has 0 aliphatic carbocycles. The quantitative estimate of drug-likeness (QED) is 0.672. The summed E-state index contributed by atoms with van der Waals surface area (Å²) in [6.07, 6.45) is 2.08. The molecule has 0 saturated carbocycles. The maximum Gasteiger partial charge on any atom is 0.253 e. The first-order valence-electron chi connectivity index (χ1n) is 8.38. The standard InChI is InChI=1S/C18H20N4O2S/c1-24-13-7-6-12(18(23)20-11-4-2-8-19-10-11)15-16(13)22-17(21-15)14-5-3-9-25-14/h3,5-7,9,11,19H,2,4,8,10H2,1H3,(H,20,23)(H,21,22). The van der Waals surface area contributed by atoms with Crippen molar-refractivity contribution in [1.82, 2.24) is 20.6 Å². The van der Waals surface area contributed by atoms with E-state index in [2.05, 4.69) is 20.6 Å². The van der Waals surface area contributed by atoms with Gasteiger partial charge in [-0.3, -0.25) is 4.79 Å². The number of carbonyl (C=O) groups is 1. The number of rotatable bonds is 4. The van der Waals surface area contributed by atoms with Crippen molar-refractivity contribution in [2.75, 3.05) is 20.2 Å². The normalized spacial score (nSPS) is 17.6. The molecule has 6 nitrogen and oxygen atoms in total. The van der Waals surface area contributed by atoms with Crippen LogP contribution >= 0.6 is 11.3 Å². The van der Waals surface area contributed by atoms with Gasteiger partial charge in [0.25, 0.3) is 5.91 Å². The molecular formula is C18H20N4O2S. The van der Waals surface area contributed by atoms with Crippen LogP contribution in [0.2, 0.25) is 0 Å². The number of aromatic nitrogens is 2. The Morgan fingerprint density at radius 1 is 1.40 bits per heavy atom. The number of ether oxygens (including phenoxy) is 1. The Morgan fingerprint density at radius 2 is 2.32 bits per heavy atom. The number of piperidine rings is 1. The predicted molar refractivity (Wildman–Crippen MR) is 99.3 cm³/mol. The van der Waals surface area contributed by atoms with E-state index in [1.165, 1.54) is 0 Å². The largest absolute Gasteiger partial charge is 0.494 e. The molecule has 1 aromatic carbocycles. The first-order valence-corrected chi connectivity index (χ1v) is 9.26. The van der Waals surface area contributed by atoms with E-state index >= 15 is 0 Å². The fraction of sp³-hybridized carbons (Fsp3) is 0.333.